The predicted octanol–water partition coefficient (Wildman–Crippen LogP) is 2.55. The van der Waals surface area contributed by atoms with E-state index in [4.69, 9.17) is 22.9 Å². The van der Waals surface area contributed by atoms with Crippen molar-refractivity contribution in [3.8, 4) is 0 Å². The first-order chi connectivity index (χ1) is 17.6. The number of amides is 1. The summed E-state index contributed by atoms with van der Waals surface area (Å²) in [5.74, 6) is -1.01. The molecule has 208 valence electrons. The summed E-state index contributed by atoms with van der Waals surface area (Å²) in [6, 6.07) is 8.44. The smallest absolute Gasteiger partial charge is 0.370 e. The molecule has 0 fully saturated rings. The van der Waals surface area contributed by atoms with Crippen molar-refractivity contribution in [3.05, 3.63) is 70.8 Å². The van der Waals surface area contributed by atoms with Crippen molar-refractivity contribution < 1.29 is 31.1 Å². The van der Waals surface area contributed by atoms with Crippen molar-refractivity contribution in [1.82, 2.24) is 5.32 Å². The molecule has 38 heavy (non-hydrogen) atoms. The molecule has 9 N–H and O–H groups in total. The summed E-state index contributed by atoms with van der Waals surface area (Å²) >= 11 is 0. The van der Waals surface area contributed by atoms with Gasteiger partial charge in [0, 0.05) is 13.1 Å². The second-order valence-electron chi connectivity index (χ2n) is 8.68. The van der Waals surface area contributed by atoms with Crippen molar-refractivity contribution in [2.45, 2.75) is 31.6 Å². The molecule has 0 aliphatic rings. The highest BCUT2D eigenvalue weighted by Gasteiger charge is 2.39. The van der Waals surface area contributed by atoms with E-state index in [1.807, 2.05) is 0 Å². The van der Waals surface area contributed by atoms with Crippen LogP contribution >= 0.6 is 0 Å². The lowest BCUT2D eigenvalue weighted by Gasteiger charge is -2.32. The zero-order valence-corrected chi connectivity index (χ0v) is 20.2. The molecule has 0 aromatic heterocycles. The Morgan fingerprint density at radius 3 is 1.50 bits per heavy atom. The normalized spacial score (nSPS) is 12.1. The lowest BCUT2D eigenvalue weighted by atomic mass is 9.75. The van der Waals surface area contributed by atoms with E-state index in [-0.39, 0.29) is 44.4 Å². The minimum absolute atomic E-state index is 0.108. The van der Waals surface area contributed by atoms with E-state index in [9.17, 15) is 31.1 Å². The standard InChI is InChI=1S/C24H29F6N7O/c25-23(26,27)17-6-2-15(3-7-17)12-22(14-37-21(33)34,19(38)35-10-1-11-36-20(31)32)13-16-4-8-18(9-5-16)24(28,29)30/h2-9H,1,10-14H2,(H,35,38)(H4,31,32,36)(H4,33,34,37). The van der Waals surface area contributed by atoms with Crippen LogP contribution in [0.2, 0.25) is 0 Å². The number of carbonyl (C=O) groups is 1. The molecule has 0 saturated heterocycles. The Hall–Kier alpha value is -3.97. The van der Waals surface area contributed by atoms with Gasteiger partial charge >= 0.3 is 12.4 Å². The highest BCUT2D eigenvalue weighted by Crippen LogP contribution is 2.34. The lowest BCUT2D eigenvalue weighted by molar-refractivity contribution is -0.138. The molecule has 2 rings (SSSR count). The number of rotatable bonds is 11. The maximum Gasteiger partial charge on any atom is 0.416 e. The van der Waals surface area contributed by atoms with Gasteiger partial charge in [-0.05, 0) is 54.7 Å². The van der Waals surface area contributed by atoms with Gasteiger partial charge < -0.3 is 28.3 Å². The molecule has 0 atom stereocenters. The number of halogens is 6. The first-order valence-corrected chi connectivity index (χ1v) is 11.3. The fourth-order valence-electron chi connectivity index (χ4n) is 3.73. The highest BCUT2D eigenvalue weighted by molar-refractivity contribution is 5.84. The predicted molar refractivity (Wildman–Crippen MR) is 132 cm³/mol. The van der Waals surface area contributed by atoms with E-state index < -0.39 is 34.8 Å². The van der Waals surface area contributed by atoms with Gasteiger partial charge in [0.1, 0.15) is 0 Å². The van der Waals surface area contributed by atoms with E-state index in [0.29, 0.717) is 17.5 Å². The maximum atomic E-state index is 13.5. The van der Waals surface area contributed by atoms with Crippen LogP contribution in [0.15, 0.2) is 58.5 Å². The van der Waals surface area contributed by atoms with Gasteiger partial charge in [0.05, 0.1) is 23.1 Å². The quantitative estimate of drug-likeness (QED) is 0.127. The Morgan fingerprint density at radius 1 is 0.711 bits per heavy atom. The number of nitrogens with one attached hydrogen (secondary N) is 1. The van der Waals surface area contributed by atoms with Crippen LogP contribution in [0.3, 0.4) is 0 Å². The van der Waals surface area contributed by atoms with Crippen LogP contribution in [0, 0.1) is 5.41 Å². The van der Waals surface area contributed by atoms with Crippen LogP contribution in [0.4, 0.5) is 26.3 Å². The molecular formula is C24H29F6N7O. The first kappa shape index (κ1) is 30.3. The minimum atomic E-state index is -4.55. The summed E-state index contributed by atoms with van der Waals surface area (Å²) in [5.41, 5.74) is 19.1. The van der Waals surface area contributed by atoms with E-state index in [2.05, 4.69) is 15.3 Å². The average molecular weight is 546 g/mol. The van der Waals surface area contributed by atoms with Gasteiger partial charge in [-0.15, -0.1) is 0 Å². The zero-order chi connectivity index (χ0) is 28.6. The van der Waals surface area contributed by atoms with Gasteiger partial charge in [0.25, 0.3) is 0 Å². The number of hydrogen-bond donors (Lipinski definition) is 5. The molecule has 0 aliphatic heterocycles. The second-order valence-corrected chi connectivity index (χ2v) is 8.68. The van der Waals surface area contributed by atoms with Gasteiger partial charge in [-0.2, -0.15) is 26.3 Å². The number of hydrogen-bond acceptors (Lipinski definition) is 3. The number of carbonyl (C=O) groups excluding carboxylic acids is 1. The fraction of sp³-hybridized carbons (Fsp3) is 0.375. The first-order valence-electron chi connectivity index (χ1n) is 11.3. The van der Waals surface area contributed by atoms with Crippen LogP contribution in [-0.4, -0.2) is 37.5 Å². The molecule has 8 nitrogen and oxygen atoms in total. The summed E-state index contributed by atoms with van der Waals surface area (Å²) in [4.78, 5) is 21.3. The monoisotopic (exact) mass is 545 g/mol. The summed E-state index contributed by atoms with van der Waals surface area (Å²) in [7, 11) is 0. The average Bonchev–Trinajstić information content (AvgIpc) is 2.81. The van der Waals surface area contributed by atoms with Crippen LogP contribution in [0.25, 0.3) is 0 Å². The van der Waals surface area contributed by atoms with Gasteiger partial charge in [-0.1, -0.05) is 24.3 Å². The molecule has 0 heterocycles. The van der Waals surface area contributed by atoms with E-state index in [1.54, 1.807) is 0 Å². The number of alkyl halides is 6. The summed E-state index contributed by atoms with van der Waals surface area (Å²) in [5, 5.41) is 2.73. The molecule has 1 amide bonds. The molecule has 0 radical (unpaired) electrons. The highest BCUT2D eigenvalue weighted by atomic mass is 19.4. The Balaban J connectivity index is 2.45. The zero-order valence-electron chi connectivity index (χ0n) is 20.2. The topological polar surface area (TPSA) is 158 Å². The van der Waals surface area contributed by atoms with E-state index in [0.717, 1.165) is 24.3 Å². The Kier molecular flexibility index (Phi) is 9.97. The van der Waals surface area contributed by atoms with Crippen LogP contribution < -0.4 is 28.3 Å². The second kappa shape index (κ2) is 12.5. The molecule has 0 unspecified atom stereocenters. The molecule has 2 aromatic rings. The molecule has 0 saturated carbocycles. The third kappa shape index (κ3) is 9.16. The SMILES string of the molecule is NC(N)=NCCCNC(=O)C(CN=C(N)N)(Cc1ccc(C(F)(F)F)cc1)Cc1ccc(C(F)(F)F)cc1. The van der Waals surface area contributed by atoms with Crippen molar-refractivity contribution >= 4 is 17.8 Å². The maximum absolute atomic E-state index is 13.5. The molecule has 0 bridgehead atoms. The third-order valence-corrected chi connectivity index (χ3v) is 5.61. The minimum Gasteiger partial charge on any atom is -0.370 e. The Labute approximate surface area is 215 Å². The fourth-order valence-corrected chi connectivity index (χ4v) is 3.73. The lowest BCUT2D eigenvalue weighted by Crippen LogP contribution is -2.47. The van der Waals surface area contributed by atoms with Gasteiger partial charge in [-0.25, -0.2) is 0 Å². The molecule has 0 spiro atoms. The van der Waals surface area contributed by atoms with Crippen LogP contribution in [-0.2, 0) is 30.0 Å². The summed E-state index contributed by atoms with van der Waals surface area (Å²) in [6.45, 7) is 0.0810. The van der Waals surface area contributed by atoms with Crippen molar-refractivity contribution in [3.63, 3.8) is 0 Å². The Bertz CT molecular complexity index is 1060. The van der Waals surface area contributed by atoms with Gasteiger partial charge in [0.2, 0.25) is 5.91 Å². The van der Waals surface area contributed by atoms with Gasteiger partial charge in [0.15, 0.2) is 11.9 Å². The number of guanidine groups is 2. The summed E-state index contributed by atoms with van der Waals surface area (Å²) < 4.78 is 78.2. The molecular weight excluding hydrogens is 516 g/mol. The molecule has 2 aromatic carbocycles. The Morgan fingerprint density at radius 2 is 1.13 bits per heavy atom. The van der Waals surface area contributed by atoms with Crippen molar-refractivity contribution in [2.24, 2.45) is 38.3 Å². The van der Waals surface area contributed by atoms with Crippen molar-refractivity contribution in [2.75, 3.05) is 19.6 Å². The third-order valence-electron chi connectivity index (χ3n) is 5.61. The van der Waals surface area contributed by atoms with Crippen LogP contribution in [0.5, 0.6) is 0 Å². The van der Waals surface area contributed by atoms with Gasteiger partial charge in [-0.3, -0.25) is 14.8 Å². The molecule has 14 heteroatoms. The number of benzene rings is 2. The number of nitrogens with two attached hydrogens (primary N) is 4. The van der Waals surface area contributed by atoms with Crippen molar-refractivity contribution in [1.29, 1.82) is 0 Å². The summed E-state index contributed by atoms with van der Waals surface area (Å²) in [6.07, 6.45) is -8.96. The van der Waals surface area contributed by atoms with E-state index in [1.165, 1.54) is 24.3 Å². The van der Waals surface area contributed by atoms with Crippen LogP contribution in [0.1, 0.15) is 28.7 Å². The molecule has 0 aliphatic carbocycles. The van der Waals surface area contributed by atoms with E-state index >= 15 is 0 Å². The number of aliphatic imine (C=N–C) groups is 2. The number of nitrogens with zero attached hydrogens (tertiary/aromatic N) is 2. The largest absolute Gasteiger partial charge is 0.416 e.